The molecule has 174 valence electrons. The second kappa shape index (κ2) is 9.75. The Bertz CT molecular complexity index is 1120. The van der Waals surface area contributed by atoms with Gasteiger partial charge in [-0.3, -0.25) is 4.90 Å². The summed E-state index contributed by atoms with van der Waals surface area (Å²) >= 11 is 1.40. The van der Waals surface area contributed by atoms with Crippen molar-refractivity contribution in [2.24, 2.45) is 5.92 Å². The Kier molecular flexibility index (Phi) is 6.57. The van der Waals surface area contributed by atoms with Crippen molar-refractivity contribution in [2.45, 2.75) is 39.3 Å². The second-order valence-electron chi connectivity index (χ2n) is 8.70. The Balaban J connectivity index is 1.55. The van der Waals surface area contributed by atoms with Crippen LogP contribution in [0.25, 0.3) is 10.2 Å². The van der Waals surface area contributed by atoms with Crippen molar-refractivity contribution in [1.29, 1.82) is 0 Å². The average Bonchev–Trinajstić information content (AvgIpc) is 3.62. The summed E-state index contributed by atoms with van der Waals surface area (Å²) in [5, 5.41) is 4.69. The number of benzene rings is 1. The zero-order chi connectivity index (χ0) is 22.8. The number of aromatic nitrogens is 2. The molecule has 2 aliphatic rings. The predicted molar refractivity (Wildman–Crippen MR) is 130 cm³/mol. The molecule has 0 bridgehead atoms. The van der Waals surface area contributed by atoms with E-state index in [0.29, 0.717) is 23.9 Å². The lowest BCUT2D eigenvalue weighted by atomic mass is 10.0. The highest BCUT2D eigenvalue weighted by Gasteiger charge is 2.33. The number of carbonyl (C=O) groups is 1. The summed E-state index contributed by atoms with van der Waals surface area (Å²) in [5.41, 5.74) is 2.15. The third-order valence-corrected chi connectivity index (χ3v) is 7.48. The highest BCUT2D eigenvalue weighted by molar-refractivity contribution is 7.20. The molecule has 3 aromatic rings. The van der Waals surface area contributed by atoms with Gasteiger partial charge in [0.25, 0.3) is 0 Å². The van der Waals surface area contributed by atoms with Crippen molar-refractivity contribution >= 4 is 33.3 Å². The van der Waals surface area contributed by atoms with E-state index in [0.717, 1.165) is 53.7 Å². The maximum absolute atomic E-state index is 12.6. The van der Waals surface area contributed by atoms with Gasteiger partial charge in [0.1, 0.15) is 21.3 Å². The van der Waals surface area contributed by atoms with Crippen LogP contribution in [0, 0.1) is 12.8 Å². The van der Waals surface area contributed by atoms with Crippen molar-refractivity contribution < 1.29 is 14.3 Å². The number of esters is 1. The van der Waals surface area contributed by atoms with Gasteiger partial charge in [-0.25, -0.2) is 14.8 Å². The number of fused-ring (bicyclic) bond motifs is 1. The molecule has 0 radical (unpaired) electrons. The highest BCUT2D eigenvalue weighted by atomic mass is 32.1. The monoisotopic (exact) mass is 466 g/mol. The average molecular weight is 467 g/mol. The van der Waals surface area contributed by atoms with E-state index in [1.54, 1.807) is 0 Å². The summed E-state index contributed by atoms with van der Waals surface area (Å²) in [7, 11) is 0. The zero-order valence-electron chi connectivity index (χ0n) is 19.2. The molecule has 2 fully saturated rings. The first-order valence-corrected chi connectivity index (χ1v) is 12.5. The van der Waals surface area contributed by atoms with Gasteiger partial charge in [0, 0.05) is 13.1 Å². The molecule has 1 aliphatic carbocycles. The fourth-order valence-electron chi connectivity index (χ4n) is 4.42. The number of rotatable bonds is 8. The molecule has 0 amide bonds. The molecular weight excluding hydrogens is 436 g/mol. The van der Waals surface area contributed by atoms with Crippen LogP contribution in [-0.2, 0) is 16.0 Å². The smallest absolute Gasteiger partial charge is 0.348 e. The van der Waals surface area contributed by atoms with Crippen LogP contribution in [0.1, 0.15) is 52.4 Å². The molecule has 1 atom stereocenters. The first-order chi connectivity index (χ1) is 16.1. The number of anilines is 1. The van der Waals surface area contributed by atoms with Crippen LogP contribution in [0.5, 0.6) is 0 Å². The van der Waals surface area contributed by atoms with Gasteiger partial charge >= 0.3 is 5.97 Å². The summed E-state index contributed by atoms with van der Waals surface area (Å²) in [6.07, 6.45) is 2.41. The first-order valence-electron chi connectivity index (χ1n) is 11.7. The van der Waals surface area contributed by atoms with E-state index in [2.05, 4.69) is 34.5 Å². The lowest BCUT2D eigenvalue weighted by Crippen LogP contribution is -2.36. The molecule has 1 aromatic carbocycles. The van der Waals surface area contributed by atoms with E-state index in [-0.39, 0.29) is 12.0 Å². The van der Waals surface area contributed by atoms with Crippen LogP contribution >= 0.6 is 11.3 Å². The number of ether oxygens (including phenoxy) is 2. The molecule has 1 N–H and O–H groups in total. The number of carbonyl (C=O) groups excluding carboxylic acids is 1. The molecule has 0 unspecified atom stereocenters. The van der Waals surface area contributed by atoms with Gasteiger partial charge in [-0.1, -0.05) is 30.3 Å². The Morgan fingerprint density at radius 2 is 2.00 bits per heavy atom. The Labute approximate surface area is 198 Å². The standard InChI is InChI=1S/C25H30N4O3S/c1-3-32-25(30)22-16(2)20-23(28-21(18-9-10-18)17-7-5-4-6-8-17)26-19(27-24(20)33-22)15-29-11-13-31-14-12-29/h4-8,18,21H,3,9-15H2,1-2H3,(H,26,27,28)/t21-/m1/s1. The minimum atomic E-state index is -0.291. The van der Waals surface area contributed by atoms with E-state index < -0.39 is 0 Å². The van der Waals surface area contributed by atoms with Crippen molar-refractivity contribution in [3.63, 3.8) is 0 Å². The fourth-order valence-corrected chi connectivity index (χ4v) is 5.51. The number of nitrogens with zero attached hydrogens (tertiary/aromatic N) is 3. The second-order valence-corrected chi connectivity index (χ2v) is 9.70. The molecule has 2 aromatic heterocycles. The Morgan fingerprint density at radius 1 is 1.24 bits per heavy atom. The number of morpholine rings is 1. The van der Waals surface area contributed by atoms with E-state index in [9.17, 15) is 4.79 Å². The van der Waals surface area contributed by atoms with Gasteiger partial charge < -0.3 is 14.8 Å². The maximum atomic E-state index is 12.6. The first kappa shape index (κ1) is 22.3. The zero-order valence-corrected chi connectivity index (χ0v) is 20.0. The van der Waals surface area contributed by atoms with Crippen molar-refractivity contribution in [2.75, 3.05) is 38.2 Å². The SMILES string of the molecule is CCOC(=O)c1sc2nc(CN3CCOCC3)nc(N[C@H](c3ccccc3)C3CC3)c2c1C. The third-order valence-electron chi connectivity index (χ3n) is 6.31. The molecule has 7 nitrogen and oxygen atoms in total. The quantitative estimate of drug-likeness (QED) is 0.487. The summed E-state index contributed by atoms with van der Waals surface area (Å²) in [5.74, 6) is 1.88. The van der Waals surface area contributed by atoms with Gasteiger partial charge in [-0.15, -0.1) is 11.3 Å². The molecule has 1 saturated carbocycles. The number of aryl methyl sites for hydroxylation is 1. The van der Waals surface area contributed by atoms with Crippen molar-refractivity contribution in [3.05, 3.63) is 52.2 Å². The molecular formula is C25H30N4O3S. The number of thiophene rings is 1. The minimum Gasteiger partial charge on any atom is -0.462 e. The van der Waals surface area contributed by atoms with Crippen molar-refractivity contribution in [1.82, 2.24) is 14.9 Å². The largest absolute Gasteiger partial charge is 0.462 e. The van der Waals surface area contributed by atoms with Gasteiger partial charge in [-0.2, -0.15) is 0 Å². The highest BCUT2D eigenvalue weighted by Crippen LogP contribution is 2.44. The maximum Gasteiger partial charge on any atom is 0.348 e. The number of nitrogens with one attached hydrogen (secondary N) is 1. The van der Waals surface area contributed by atoms with E-state index >= 15 is 0 Å². The lowest BCUT2D eigenvalue weighted by Gasteiger charge is -2.26. The lowest BCUT2D eigenvalue weighted by molar-refractivity contribution is 0.0331. The van der Waals surface area contributed by atoms with Crippen molar-refractivity contribution in [3.8, 4) is 0 Å². The van der Waals surface area contributed by atoms with Crippen LogP contribution in [0.2, 0.25) is 0 Å². The molecule has 0 spiro atoms. The van der Waals surface area contributed by atoms with Gasteiger partial charge in [0.15, 0.2) is 0 Å². The summed E-state index contributed by atoms with van der Waals surface area (Å²) in [6.45, 7) is 8.02. The molecule has 1 aliphatic heterocycles. The molecule has 1 saturated heterocycles. The van der Waals surface area contributed by atoms with Crippen LogP contribution in [0.3, 0.4) is 0 Å². The third kappa shape index (κ3) is 4.88. The summed E-state index contributed by atoms with van der Waals surface area (Å²) in [4.78, 5) is 26.2. The normalized spacial score (nSPS) is 17.8. The topological polar surface area (TPSA) is 76.6 Å². The minimum absolute atomic E-state index is 0.186. The summed E-state index contributed by atoms with van der Waals surface area (Å²) in [6, 6.07) is 10.7. The molecule has 33 heavy (non-hydrogen) atoms. The predicted octanol–water partition coefficient (Wildman–Crippen LogP) is 4.57. The molecule has 5 rings (SSSR count). The van der Waals surface area contributed by atoms with Crippen LogP contribution < -0.4 is 5.32 Å². The Morgan fingerprint density at radius 3 is 2.70 bits per heavy atom. The fraction of sp³-hybridized carbons (Fsp3) is 0.480. The van der Waals surface area contributed by atoms with E-state index in [1.807, 2.05) is 19.9 Å². The summed E-state index contributed by atoms with van der Waals surface area (Å²) < 4.78 is 10.8. The number of hydrogen-bond donors (Lipinski definition) is 1. The van der Waals surface area contributed by atoms with Crippen LogP contribution in [-0.4, -0.2) is 53.7 Å². The Hall–Kier alpha value is -2.55. The molecule has 8 heteroatoms. The van der Waals surface area contributed by atoms with E-state index in [1.165, 1.54) is 29.7 Å². The van der Waals surface area contributed by atoms with Crippen LogP contribution in [0.4, 0.5) is 5.82 Å². The van der Waals surface area contributed by atoms with Gasteiger partial charge in [-0.05, 0) is 43.7 Å². The van der Waals surface area contributed by atoms with Crippen LogP contribution in [0.15, 0.2) is 30.3 Å². The molecule has 3 heterocycles. The van der Waals surface area contributed by atoms with E-state index in [4.69, 9.17) is 19.4 Å². The van der Waals surface area contributed by atoms with Gasteiger partial charge in [0.2, 0.25) is 0 Å². The van der Waals surface area contributed by atoms with Gasteiger partial charge in [0.05, 0.1) is 37.8 Å². The number of hydrogen-bond acceptors (Lipinski definition) is 8.